The van der Waals surface area contributed by atoms with Crippen molar-refractivity contribution < 1.29 is 24.2 Å². The predicted octanol–water partition coefficient (Wildman–Crippen LogP) is 3.29. The Labute approximate surface area is 177 Å². The van der Waals surface area contributed by atoms with Gasteiger partial charge in [-0.05, 0) is 30.7 Å². The van der Waals surface area contributed by atoms with Crippen LogP contribution in [-0.4, -0.2) is 31.0 Å². The number of phenolic OH excluding ortho intramolecular Hbond substituents is 1. The molecule has 2 aromatic heterocycles. The van der Waals surface area contributed by atoms with E-state index < -0.39 is 26.8 Å². The largest absolute Gasteiger partial charge is 0.507 e. The summed E-state index contributed by atoms with van der Waals surface area (Å²) in [4.78, 5) is 44.5. The fourth-order valence-corrected chi connectivity index (χ4v) is 3.36. The number of non-ortho nitro benzene ring substituents is 1. The van der Waals surface area contributed by atoms with Crippen LogP contribution in [0.5, 0.6) is 5.75 Å². The van der Waals surface area contributed by atoms with E-state index in [2.05, 4.69) is 5.10 Å². The summed E-state index contributed by atoms with van der Waals surface area (Å²) in [5.74, 6) is -0.335. The molecular weight excluding hydrogens is 424 g/mol. The summed E-state index contributed by atoms with van der Waals surface area (Å²) in [5.41, 5.74) is -1.59. The second kappa shape index (κ2) is 7.43. The van der Waals surface area contributed by atoms with Crippen molar-refractivity contribution in [2.24, 2.45) is 0 Å². The van der Waals surface area contributed by atoms with Gasteiger partial charge in [0, 0.05) is 23.7 Å². The van der Waals surface area contributed by atoms with Crippen LogP contribution >= 0.6 is 0 Å². The first-order chi connectivity index (χ1) is 15.2. The first-order valence-electron chi connectivity index (χ1n) is 8.96. The Bertz CT molecular complexity index is 1500. The third kappa shape index (κ3) is 3.25. The zero-order chi connectivity index (χ0) is 23.2. The van der Waals surface area contributed by atoms with Crippen LogP contribution < -0.4 is 5.63 Å². The number of aldehydes is 1. The Morgan fingerprint density at radius 3 is 2.53 bits per heavy atom. The maximum Gasteiger partial charge on any atom is 0.336 e. The lowest BCUT2D eigenvalue weighted by atomic mass is 10.0. The first kappa shape index (κ1) is 20.4. The molecule has 1 N–H and O–H groups in total. The number of fused-ring (bicyclic) bond motifs is 1. The number of carbonyl (C=O) groups excluding carboxylic acids is 1. The molecule has 32 heavy (non-hydrogen) atoms. The van der Waals surface area contributed by atoms with Crippen LogP contribution in [0.2, 0.25) is 0 Å². The smallest absolute Gasteiger partial charge is 0.336 e. The summed E-state index contributed by atoms with van der Waals surface area (Å²) < 4.78 is 6.26. The van der Waals surface area contributed by atoms with Gasteiger partial charge in [-0.15, -0.1) is 0 Å². The fraction of sp³-hybridized carbons (Fsp3) is 0.0500. The summed E-state index contributed by atoms with van der Waals surface area (Å²) >= 11 is 0. The summed E-state index contributed by atoms with van der Waals surface area (Å²) in [6.45, 7) is 1.67. The van der Waals surface area contributed by atoms with Gasteiger partial charge < -0.3 is 9.52 Å². The lowest BCUT2D eigenvalue weighted by Crippen LogP contribution is -2.02. The minimum Gasteiger partial charge on any atom is -0.507 e. The normalized spacial score (nSPS) is 10.9. The van der Waals surface area contributed by atoms with E-state index in [1.54, 1.807) is 6.92 Å². The third-order valence-electron chi connectivity index (χ3n) is 4.82. The number of phenols is 1. The molecule has 0 bridgehead atoms. The highest BCUT2D eigenvalue weighted by Gasteiger charge is 2.25. The first-order valence-corrected chi connectivity index (χ1v) is 8.96. The average molecular weight is 436 g/mol. The topological polar surface area (TPSA) is 172 Å². The van der Waals surface area contributed by atoms with Gasteiger partial charge >= 0.3 is 11.3 Å². The molecule has 0 saturated heterocycles. The SMILES string of the molecule is Cc1cc(=O)oc2c(-c3nn(-c4ccc([N+](=O)[O-])cc4[N+](=O)[O-])cc3C=O)c(O)ccc12. The summed E-state index contributed by atoms with van der Waals surface area (Å²) in [7, 11) is 0. The zero-order valence-electron chi connectivity index (χ0n) is 16.2. The lowest BCUT2D eigenvalue weighted by molar-refractivity contribution is -0.394. The summed E-state index contributed by atoms with van der Waals surface area (Å²) in [6, 6.07) is 7.09. The Morgan fingerprint density at radius 1 is 1.12 bits per heavy atom. The molecule has 0 fully saturated rings. The molecule has 0 saturated carbocycles. The van der Waals surface area contributed by atoms with Crippen molar-refractivity contribution in [2.45, 2.75) is 6.92 Å². The lowest BCUT2D eigenvalue weighted by Gasteiger charge is -2.08. The van der Waals surface area contributed by atoms with Crippen LogP contribution in [0.15, 0.2) is 51.8 Å². The Hall–Kier alpha value is -4.87. The number of benzene rings is 2. The Kier molecular flexibility index (Phi) is 4.74. The van der Waals surface area contributed by atoms with Gasteiger partial charge in [0.15, 0.2) is 11.9 Å². The maximum absolute atomic E-state index is 11.9. The van der Waals surface area contributed by atoms with Gasteiger partial charge in [-0.2, -0.15) is 5.10 Å². The van der Waals surface area contributed by atoms with Gasteiger partial charge in [0.05, 0.1) is 27.0 Å². The van der Waals surface area contributed by atoms with E-state index in [0.29, 0.717) is 17.2 Å². The molecule has 2 heterocycles. The summed E-state index contributed by atoms with van der Waals surface area (Å²) in [6.07, 6.45) is 1.59. The van der Waals surface area contributed by atoms with Crippen molar-refractivity contribution in [3.63, 3.8) is 0 Å². The van der Waals surface area contributed by atoms with Crippen LogP contribution in [0.25, 0.3) is 27.9 Å². The minimum absolute atomic E-state index is 0.0125. The molecule has 4 rings (SSSR count). The molecule has 12 nitrogen and oxygen atoms in total. The minimum atomic E-state index is -0.817. The van der Waals surface area contributed by atoms with Gasteiger partial charge in [-0.1, -0.05) is 0 Å². The average Bonchev–Trinajstić information content (AvgIpc) is 3.16. The second-order valence-electron chi connectivity index (χ2n) is 6.77. The standard InChI is InChI=1S/C20H12N4O8/c1-10-6-17(27)32-20-13(10)3-5-16(26)18(20)19-11(9-25)8-22(21-19)14-4-2-12(23(28)29)7-15(14)24(30)31/h2-9,26H,1H3. The zero-order valence-corrected chi connectivity index (χ0v) is 16.2. The van der Waals surface area contributed by atoms with E-state index >= 15 is 0 Å². The number of aromatic hydroxyl groups is 1. The molecule has 0 unspecified atom stereocenters. The van der Waals surface area contributed by atoms with E-state index in [9.17, 15) is 34.9 Å². The van der Waals surface area contributed by atoms with Crippen LogP contribution in [-0.2, 0) is 0 Å². The van der Waals surface area contributed by atoms with Gasteiger partial charge in [0.1, 0.15) is 17.1 Å². The fourth-order valence-electron chi connectivity index (χ4n) is 3.36. The number of hydrogen-bond acceptors (Lipinski definition) is 9. The monoisotopic (exact) mass is 436 g/mol. The predicted molar refractivity (Wildman–Crippen MR) is 110 cm³/mol. The Morgan fingerprint density at radius 2 is 1.88 bits per heavy atom. The van der Waals surface area contributed by atoms with Crippen molar-refractivity contribution >= 4 is 28.6 Å². The van der Waals surface area contributed by atoms with E-state index in [1.165, 1.54) is 24.4 Å². The van der Waals surface area contributed by atoms with Crippen LogP contribution in [0, 0.1) is 27.2 Å². The maximum atomic E-state index is 11.9. The number of aryl methyl sites for hydroxylation is 1. The van der Waals surface area contributed by atoms with Crippen molar-refractivity contribution in [2.75, 3.05) is 0 Å². The molecule has 0 amide bonds. The molecule has 160 valence electrons. The van der Waals surface area contributed by atoms with Crippen LogP contribution in [0.3, 0.4) is 0 Å². The molecule has 0 aliphatic heterocycles. The van der Waals surface area contributed by atoms with Gasteiger partial charge in [0.25, 0.3) is 5.69 Å². The van der Waals surface area contributed by atoms with Gasteiger partial charge in [0.2, 0.25) is 0 Å². The molecule has 4 aromatic rings. The number of carbonyl (C=O) groups is 1. The third-order valence-corrected chi connectivity index (χ3v) is 4.82. The van der Waals surface area contributed by atoms with E-state index in [4.69, 9.17) is 4.42 Å². The molecular formula is C20H12N4O8. The van der Waals surface area contributed by atoms with E-state index in [-0.39, 0.29) is 33.8 Å². The van der Waals surface area contributed by atoms with E-state index in [0.717, 1.165) is 22.9 Å². The molecule has 0 aliphatic carbocycles. The van der Waals surface area contributed by atoms with Crippen molar-refractivity contribution in [3.05, 3.63) is 84.4 Å². The number of nitro groups is 2. The van der Waals surface area contributed by atoms with Crippen molar-refractivity contribution in [1.29, 1.82) is 0 Å². The molecule has 0 atom stereocenters. The molecule has 0 spiro atoms. The van der Waals surface area contributed by atoms with E-state index in [1.807, 2.05) is 0 Å². The van der Waals surface area contributed by atoms with Crippen molar-refractivity contribution in [3.8, 4) is 22.7 Å². The quantitative estimate of drug-likeness (QED) is 0.213. The van der Waals surface area contributed by atoms with Gasteiger partial charge in [-0.25, -0.2) is 9.48 Å². The molecule has 0 radical (unpaired) electrons. The summed E-state index contributed by atoms with van der Waals surface area (Å²) in [5, 5.41) is 37.6. The van der Waals surface area contributed by atoms with Gasteiger partial charge in [-0.3, -0.25) is 25.0 Å². The highest BCUT2D eigenvalue weighted by Crippen LogP contribution is 2.38. The molecule has 12 heteroatoms. The highest BCUT2D eigenvalue weighted by atomic mass is 16.6. The van der Waals surface area contributed by atoms with Crippen LogP contribution in [0.4, 0.5) is 11.4 Å². The molecule has 2 aromatic carbocycles. The number of aromatic nitrogens is 2. The molecule has 0 aliphatic rings. The highest BCUT2D eigenvalue weighted by molar-refractivity contribution is 6.00. The number of nitrogens with zero attached hydrogens (tertiary/aromatic N) is 4. The number of nitro benzene ring substituents is 2. The van der Waals surface area contributed by atoms with Crippen LogP contribution in [0.1, 0.15) is 15.9 Å². The second-order valence-corrected chi connectivity index (χ2v) is 6.77. The van der Waals surface area contributed by atoms with Crippen molar-refractivity contribution in [1.82, 2.24) is 9.78 Å². The number of hydrogen-bond donors (Lipinski definition) is 1. The Balaban J connectivity index is 2.01. The number of rotatable bonds is 5.